The third-order valence-electron chi connectivity index (χ3n) is 11.5. The van der Waals surface area contributed by atoms with Gasteiger partial charge in [0.05, 0.1) is 10.8 Å². The van der Waals surface area contributed by atoms with Crippen molar-refractivity contribution in [1.82, 2.24) is 0 Å². The van der Waals surface area contributed by atoms with Gasteiger partial charge in [-0.05, 0) is 113 Å². The lowest BCUT2D eigenvalue weighted by atomic mass is 9.66. The number of hydrogen-bond acceptors (Lipinski definition) is 0. The van der Waals surface area contributed by atoms with E-state index in [1.807, 2.05) is 0 Å². The summed E-state index contributed by atoms with van der Waals surface area (Å²) in [5.74, 6) is 0. The van der Waals surface area contributed by atoms with Crippen LogP contribution in [0.4, 0.5) is 0 Å². The van der Waals surface area contributed by atoms with Gasteiger partial charge in [0.1, 0.15) is 0 Å². The second-order valence-corrected chi connectivity index (χ2v) is 13.6. The molecule has 0 amide bonds. The minimum atomic E-state index is -0.402. The van der Waals surface area contributed by atoms with Crippen molar-refractivity contribution < 1.29 is 0 Å². The Morgan fingerprint density at radius 1 is 0.271 bits per heavy atom. The molecule has 0 saturated heterocycles. The molecule has 11 rings (SSSR count). The maximum Gasteiger partial charge on any atom is 0.0725 e. The minimum absolute atomic E-state index is 0.402. The molecule has 0 fully saturated rings. The van der Waals surface area contributed by atoms with Gasteiger partial charge in [0.15, 0.2) is 0 Å². The second-order valence-electron chi connectivity index (χ2n) is 13.6. The van der Waals surface area contributed by atoms with Crippen molar-refractivity contribution in [1.29, 1.82) is 0 Å². The van der Waals surface area contributed by atoms with Crippen LogP contribution in [0.3, 0.4) is 0 Å². The van der Waals surface area contributed by atoms with Crippen molar-refractivity contribution in [3.8, 4) is 22.3 Å². The molecule has 0 aliphatic heterocycles. The van der Waals surface area contributed by atoms with E-state index in [1.54, 1.807) is 0 Å². The van der Waals surface area contributed by atoms with Crippen LogP contribution in [-0.2, 0) is 10.8 Å². The summed E-state index contributed by atoms with van der Waals surface area (Å²) in [6.07, 6.45) is 5.01. The van der Waals surface area contributed by atoms with Crippen molar-refractivity contribution in [2.24, 2.45) is 0 Å². The van der Waals surface area contributed by atoms with Gasteiger partial charge in [-0.25, -0.2) is 0 Å². The Bertz CT molecular complexity index is 2270. The van der Waals surface area contributed by atoms with E-state index in [0.717, 1.165) is 0 Å². The maximum atomic E-state index is 2.55. The average molecular weight is 607 g/mol. The van der Waals surface area contributed by atoms with Gasteiger partial charge < -0.3 is 0 Å². The van der Waals surface area contributed by atoms with E-state index >= 15 is 0 Å². The molecule has 0 bridgehead atoms. The molecule has 48 heavy (non-hydrogen) atoms. The zero-order valence-electron chi connectivity index (χ0n) is 26.3. The summed E-state index contributed by atoms with van der Waals surface area (Å²) in [6, 6.07) is 63.5. The van der Waals surface area contributed by atoms with Gasteiger partial charge in [-0.15, -0.1) is 0 Å². The van der Waals surface area contributed by atoms with Crippen molar-refractivity contribution in [3.63, 3.8) is 0 Å². The largest absolute Gasteiger partial charge is 0.0725 e. The minimum Gasteiger partial charge on any atom is -0.0622 e. The highest BCUT2D eigenvalue weighted by atomic mass is 14.6. The van der Waals surface area contributed by atoms with E-state index in [4.69, 9.17) is 0 Å². The fourth-order valence-corrected chi connectivity index (χ4v) is 9.81. The summed E-state index contributed by atoms with van der Waals surface area (Å²) in [4.78, 5) is 0. The van der Waals surface area contributed by atoms with Crippen molar-refractivity contribution >= 4 is 23.3 Å². The quantitative estimate of drug-likeness (QED) is 0.184. The fraction of sp³-hybridized carbons (Fsp3) is 0.0417. The van der Waals surface area contributed by atoms with E-state index in [0.29, 0.717) is 0 Å². The Labute approximate surface area is 281 Å². The highest BCUT2D eigenvalue weighted by Crippen LogP contribution is 2.66. The third kappa shape index (κ3) is 3.02. The topological polar surface area (TPSA) is 0 Å². The first-order valence-corrected chi connectivity index (χ1v) is 16.9. The zero-order valence-corrected chi connectivity index (χ0v) is 26.3. The number of rotatable bonds is 2. The van der Waals surface area contributed by atoms with Crippen molar-refractivity contribution in [2.45, 2.75) is 10.8 Å². The van der Waals surface area contributed by atoms with Crippen LogP contribution in [0.25, 0.3) is 45.6 Å². The van der Waals surface area contributed by atoms with Crippen LogP contribution in [0.15, 0.2) is 170 Å². The van der Waals surface area contributed by atoms with Gasteiger partial charge in [0, 0.05) is 0 Å². The predicted octanol–water partition coefficient (Wildman–Crippen LogP) is 11.4. The molecular weight excluding hydrogens is 577 g/mol. The Morgan fingerprint density at radius 3 is 0.896 bits per heavy atom. The SMILES string of the molecule is C1=C(c2ccccc2)C2(c3cc4c(cc31)C1(C(c3ccccc3)=C4)c3ccccc3-c3ccccc31)c1ccccc1-c1ccccc12. The summed E-state index contributed by atoms with van der Waals surface area (Å²) in [7, 11) is 0. The number of allylic oxidation sites excluding steroid dienone is 2. The molecule has 7 aromatic rings. The average Bonchev–Trinajstić information content (AvgIpc) is 3.86. The molecule has 0 atom stereocenters. The normalized spacial score (nSPS) is 16.1. The molecule has 0 N–H and O–H groups in total. The summed E-state index contributed by atoms with van der Waals surface area (Å²) in [5, 5.41) is 0. The maximum absolute atomic E-state index is 2.55. The molecule has 0 aromatic heterocycles. The first-order valence-electron chi connectivity index (χ1n) is 16.9. The summed E-state index contributed by atoms with van der Waals surface area (Å²) >= 11 is 0. The number of fused-ring (bicyclic) bond motifs is 14. The zero-order chi connectivity index (χ0) is 31.5. The summed E-state index contributed by atoms with van der Waals surface area (Å²) in [6.45, 7) is 0. The Kier molecular flexibility index (Phi) is 5.07. The van der Waals surface area contributed by atoms with E-state index in [9.17, 15) is 0 Å². The number of hydrogen-bond donors (Lipinski definition) is 0. The number of benzene rings is 7. The van der Waals surface area contributed by atoms with Crippen LogP contribution in [-0.4, -0.2) is 0 Å². The van der Waals surface area contributed by atoms with Gasteiger partial charge in [0.25, 0.3) is 0 Å². The third-order valence-corrected chi connectivity index (χ3v) is 11.5. The van der Waals surface area contributed by atoms with Gasteiger partial charge in [0.2, 0.25) is 0 Å². The summed E-state index contributed by atoms with van der Waals surface area (Å²) < 4.78 is 0. The Morgan fingerprint density at radius 2 is 0.562 bits per heavy atom. The lowest BCUT2D eigenvalue weighted by Gasteiger charge is -2.35. The first-order chi connectivity index (χ1) is 23.8. The molecule has 222 valence electrons. The lowest BCUT2D eigenvalue weighted by molar-refractivity contribution is 0.823. The van der Waals surface area contributed by atoms with Crippen LogP contribution in [0.2, 0.25) is 0 Å². The molecule has 7 aromatic carbocycles. The molecule has 2 spiro atoms. The van der Waals surface area contributed by atoms with Crippen LogP contribution < -0.4 is 0 Å². The van der Waals surface area contributed by atoms with Crippen LogP contribution >= 0.6 is 0 Å². The molecule has 0 heterocycles. The molecule has 0 unspecified atom stereocenters. The fourth-order valence-electron chi connectivity index (χ4n) is 9.81. The molecule has 4 aliphatic carbocycles. The molecule has 0 heteroatoms. The van der Waals surface area contributed by atoms with Gasteiger partial charge in [-0.2, -0.15) is 0 Å². The van der Waals surface area contributed by atoms with E-state index in [-0.39, 0.29) is 0 Å². The Balaban J connectivity index is 1.28. The molecule has 0 radical (unpaired) electrons. The monoisotopic (exact) mass is 606 g/mol. The molecule has 0 nitrogen and oxygen atoms in total. The lowest BCUT2D eigenvalue weighted by Crippen LogP contribution is -2.28. The van der Waals surface area contributed by atoms with Gasteiger partial charge in [-0.1, -0.05) is 158 Å². The van der Waals surface area contributed by atoms with Gasteiger partial charge in [-0.3, -0.25) is 0 Å². The second kappa shape index (κ2) is 9.31. The summed E-state index contributed by atoms with van der Waals surface area (Å²) in [5.41, 5.74) is 20.6. The van der Waals surface area contributed by atoms with Gasteiger partial charge >= 0.3 is 0 Å². The van der Waals surface area contributed by atoms with Crippen molar-refractivity contribution in [2.75, 3.05) is 0 Å². The van der Waals surface area contributed by atoms with Crippen LogP contribution in [0.5, 0.6) is 0 Å². The molecular formula is C48H30. The first kappa shape index (κ1) is 26.1. The Hall–Kier alpha value is -5.98. The van der Waals surface area contributed by atoms with E-state index in [2.05, 4.69) is 182 Å². The standard InChI is InChI=1S/C48H30/c1-3-15-31(16-4-1)43-27-33-29-46-34(30-45(33)47(43)39-23-11-7-19-35(39)36-20-8-12-24-40(36)47)28-44(32-17-5-2-6-18-32)48(46)41-25-13-9-21-37(41)38-22-10-14-26-42(38)48/h1-30H. The molecule has 4 aliphatic rings. The smallest absolute Gasteiger partial charge is 0.0622 e. The predicted molar refractivity (Wildman–Crippen MR) is 199 cm³/mol. The molecule has 0 saturated carbocycles. The van der Waals surface area contributed by atoms with E-state index < -0.39 is 10.8 Å². The highest BCUT2D eigenvalue weighted by molar-refractivity contribution is 6.09. The van der Waals surface area contributed by atoms with E-state index in [1.165, 1.54) is 89.0 Å². The van der Waals surface area contributed by atoms with Crippen LogP contribution in [0.1, 0.15) is 55.6 Å². The van der Waals surface area contributed by atoms with Crippen LogP contribution in [0, 0.1) is 0 Å². The highest BCUT2D eigenvalue weighted by Gasteiger charge is 2.55. The van der Waals surface area contributed by atoms with Crippen molar-refractivity contribution in [3.05, 3.63) is 225 Å².